The second-order valence-corrected chi connectivity index (χ2v) is 3.92. The van der Waals surface area contributed by atoms with Gasteiger partial charge in [0.25, 0.3) is 0 Å². The van der Waals surface area contributed by atoms with E-state index in [4.69, 9.17) is 5.11 Å². The van der Waals surface area contributed by atoms with Gasteiger partial charge in [-0.1, -0.05) is 12.1 Å². The predicted octanol–water partition coefficient (Wildman–Crippen LogP) is 2.21. The molecule has 0 atom stereocenters. The number of carboxylic acids is 1. The summed E-state index contributed by atoms with van der Waals surface area (Å²) < 4.78 is 13.1. The lowest BCUT2D eigenvalue weighted by Gasteiger charge is -2.19. The molecule has 0 fully saturated rings. The van der Waals surface area contributed by atoms with E-state index in [2.05, 4.69) is 6.58 Å². The molecule has 0 heterocycles. The van der Waals surface area contributed by atoms with Gasteiger partial charge >= 0.3 is 5.97 Å². The summed E-state index contributed by atoms with van der Waals surface area (Å²) >= 11 is 0. The van der Waals surface area contributed by atoms with Gasteiger partial charge in [0.15, 0.2) is 0 Å². The number of nitrogens with zero attached hydrogens (tertiary/aromatic N) is 1. The fourth-order valence-corrected chi connectivity index (χ4v) is 1.61. The van der Waals surface area contributed by atoms with E-state index >= 15 is 0 Å². The molecule has 92 valence electrons. The van der Waals surface area contributed by atoms with Crippen molar-refractivity contribution in [3.8, 4) is 0 Å². The minimum absolute atomic E-state index is 0.0814. The van der Waals surface area contributed by atoms with Crippen molar-refractivity contribution < 1.29 is 14.3 Å². The molecule has 1 rings (SSSR count). The number of aliphatic carboxylic acids is 1. The minimum atomic E-state index is -0.902. The number of rotatable bonds is 6. The predicted molar refractivity (Wildman–Crippen MR) is 64.2 cm³/mol. The lowest BCUT2D eigenvalue weighted by atomic mass is 10.1. The molecule has 17 heavy (non-hydrogen) atoms. The van der Waals surface area contributed by atoms with E-state index < -0.39 is 5.97 Å². The second kappa shape index (κ2) is 6.15. The SMILES string of the molecule is C=CCN(CC(=O)O)Cc1cc(F)ccc1C. The van der Waals surface area contributed by atoms with Crippen LogP contribution in [0.15, 0.2) is 30.9 Å². The lowest BCUT2D eigenvalue weighted by Crippen LogP contribution is -2.29. The van der Waals surface area contributed by atoms with Gasteiger partial charge in [-0.2, -0.15) is 0 Å². The third kappa shape index (κ3) is 4.36. The highest BCUT2D eigenvalue weighted by Crippen LogP contribution is 2.12. The van der Waals surface area contributed by atoms with Crippen LogP contribution in [0, 0.1) is 12.7 Å². The quantitative estimate of drug-likeness (QED) is 0.771. The number of hydrogen-bond acceptors (Lipinski definition) is 2. The smallest absolute Gasteiger partial charge is 0.317 e. The molecule has 0 aliphatic heterocycles. The Balaban J connectivity index is 2.80. The first-order valence-corrected chi connectivity index (χ1v) is 5.33. The third-order valence-electron chi connectivity index (χ3n) is 2.45. The number of hydrogen-bond donors (Lipinski definition) is 1. The van der Waals surface area contributed by atoms with Crippen LogP contribution in [0.25, 0.3) is 0 Å². The van der Waals surface area contributed by atoms with Crippen molar-refractivity contribution in [3.05, 3.63) is 47.8 Å². The van der Waals surface area contributed by atoms with Gasteiger partial charge in [-0.25, -0.2) is 4.39 Å². The van der Waals surface area contributed by atoms with Crippen molar-refractivity contribution in [1.82, 2.24) is 4.90 Å². The highest BCUT2D eigenvalue weighted by atomic mass is 19.1. The van der Waals surface area contributed by atoms with Crippen LogP contribution in [0.5, 0.6) is 0 Å². The fourth-order valence-electron chi connectivity index (χ4n) is 1.61. The molecule has 0 aliphatic carbocycles. The monoisotopic (exact) mass is 237 g/mol. The van der Waals surface area contributed by atoms with Gasteiger partial charge in [-0.3, -0.25) is 9.69 Å². The van der Waals surface area contributed by atoms with E-state index in [9.17, 15) is 9.18 Å². The van der Waals surface area contributed by atoms with Crippen LogP contribution >= 0.6 is 0 Å². The summed E-state index contributed by atoms with van der Waals surface area (Å²) in [6.45, 7) is 6.24. The Morgan fingerprint density at radius 2 is 2.29 bits per heavy atom. The molecule has 0 aliphatic rings. The number of carbonyl (C=O) groups is 1. The summed E-state index contributed by atoms with van der Waals surface area (Å²) in [5.41, 5.74) is 1.75. The van der Waals surface area contributed by atoms with Crippen LogP contribution in [0.2, 0.25) is 0 Å². The largest absolute Gasteiger partial charge is 0.480 e. The molecular formula is C13H16FNO2. The van der Waals surface area contributed by atoms with E-state index in [1.54, 1.807) is 17.0 Å². The van der Waals surface area contributed by atoms with E-state index in [0.717, 1.165) is 11.1 Å². The van der Waals surface area contributed by atoms with Crippen LogP contribution in [0.1, 0.15) is 11.1 Å². The molecule has 0 spiro atoms. The molecular weight excluding hydrogens is 221 g/mol. The molecule has 1 aromatic carbocycles. The second-order valence-electron chi connectivity index (χ2n) is 3.92. The standard InChI is InChI=1S/C13H16FNO2/c1-3-6-15(9-13(16)17)8-11-7-12(14)5-4-10(11)2/h3-5,7H,1,6,8-9H2,2H3,(H,16,17). The summed E-state index contributed by atoms with van der Waals surface area (Å²) in [6, 6.07) is 4.53. The van der Waals surface area contributed by atoms with E-state index in [1.807, 2.05) is 6.92 Å². The van der Waals surface area contributed by atoms with Gasteiger partial charge < -0.3 is 5.11 Å². The molecule has 0 amide bonds. The maximum absolute atomic E-state index is 13.1. The maximum Gasteiger partial charge on any atom is 0.317 e. The van der Waals surface area contributed by atoms with Crippen LogP contribution in [-0.2, 0) is 11.3 Å². The maximum atomic E-state index is 13.1. The Morgan fingerprint density at radius 3 is 2.88 bits per heavy atom. The van der Waals surface area contributed by atoms with E-state index in [1.165, 1.54) is 12.1 Å². The first-order chi connectivity index (χ1) is 8.02. The van der Waals surface area contributed by atoms with Crippen molar-refractivity contribution in [3.63, 3.8) is 0 Å². The molecule has 1 N–H and O–H groups in total. The zero-order valence-corrected chi connectivity index (χ0v) is 9.82. The van der Waals surface area contributed by atoms with Gasteiger partial charge in [0.1, 0.15) is 5.82 Å². The first kappa shape index (κ1) is 13.4. The Morgan fingerprint density at radius 1 is 1.59 bits per heavy atom. The summed E-state index contributed by atoms with van der Waals surface area (Å²) in [5, 5.41) is 8.76. The molecule has 0 radical (unpaired) electrons. The fraction of sp³-hybridized carbons (Fsp3) is 0.308. The van der Waals surface area contributed by atoms with Gasteiger partial charge in [0.05, 0.1) is 6.54 Å². The topological polar surface area (TPSA) is 40.5 Å². The number of halogens is 1. The third-order valence-corrected chi connectivity index (χ3v) is 2.45. The van der Waals surface area contributed by atoms with Gasteiger partial charge in [-0.15, -0.1) is 6.58 Å². The van der Waals surface area contributed by atoms with E-state index in [-0.39, 0.29) is 12.4 Å². The Kier molecular flexibility index (Phi) is 4.84. The number of carboxylic acid groups (broad SMARTS) is 1. The van der Waals surface area contributed by atoms with Crippen molar-refractivity contribution in [2.24, 2.45) is 0 Å². The molecule has 4 heteroatoms. The normalized spacial score (nSPS) is 10.5. The highest BCUT2D eigenvalue weighted by molar-refractivity contribution is 5.69. The average Bonchev–Trinajstić information content (AvgIpc) is 2.23. The van der Waals surface area contributed by atoms with Crippen molar-refractivity contribution >= 4 is 5.97 Å². The Labute approximate surface area is 100 Å². The molecule has 0 saturated carbocycles. The summed E-state index contributed by atoms with van der Waals surface area (Å²) in [4.78, 5) is 12.4. The van der Waals surface area contributed by atoms with Gasteiger partial charge in [0, 0.05) is 13.1 Å². The van der Waals surface area contributed by atoms with Crippen LogP contribution in [0.3, 0.4) is 0 Å². The van der Waals surface area contributed by atoms with E-state index in [0.29, 0.717) is 13.1 Å². The first-order valence-electron chi connectivity index (χ1n) is 5.33. The van der Waals surface area contributed by atoms with Crippen LogP contribution in [0.4, 0.5) is 4.39 Å². The van der Waals surface area contributed by atoms with Crippen molar-refractivity contribution in [1.29, 1.82) is 0 Å². The Hall–Kier alpha value is -1.68. The zero-order valence-electron chi connectivity index (χ0n) is 9.82. The number of benzene rings is 1. The van der Waals surface area contributed by atoms with Crippen LogP contribution in [-0.4, -0.2) is 29.1 Å². The summed E-state index contributed by atoms with van der Waals surface area (Å²) in [6.07, 6.45) is 1.64. The van der Waals surface area contributed by atoms with Crippen LogP contribution < -0.4 is 0 Å². The number of aryl methyl sites for hydroxylation is 1. The summed E-state index contributed by atoms with van der Waals surface area (Å²) in [7, 11) is 0. The lowest BCUT2D eigenvalue weighted by molar-refractivity contribution is -0.138. The molecule has 3 nitrogen and oxygen atoms in total. The molecule has 0 aromatic heterocycles. The molecule has 0 bridgehead atoms. The molecule has 0 saturated heterocycles. The highest BCUT2D eigenvalue weighted by Gasteiger charge is 2.10. The Bertz CT molecular complexity index is 418. The van der Waals surface area contributed by atoms with Crippen molar-refractivity contribution in [2.75, 3.05) is 13.1 Å². The zero-order chi connectivity index (χ0) is 12.8. The van der Waals surface area contributed by atoms with Gasteiger partial charge in [0.2, 0.25) is 0 Å². The minimum Gasteiger partial charge on any atom is -0.480 e. The molecule has 1 aromatic rings. The van der Waals surface area contributed by atoms with Crippen molar-refractivity contribution in [2.45, 2.75) is 13.5 Å². The average molecular weight is 237 g/mol. The molecule has 0 unspecified atom stereocenters. The van der Waals surface area contributed by atoms with Gasteiger partial charge in [-0.05, 0) is 30.2 Å². The summed E-state index contributed by atoms with van der Waals surface area (Å²) in [5.74, 6) is -1.21.